The van der Waals surface area contributed by atoms with Crippen LogP contribution in [0.2, 0.25) is 0 Å². The van der Waals surface area contributed by atoms with Crippen molar-refractivity contribution in [1.82, 2.24) is 10.2 Å². The standard InChI is InChI=1S/C27H39N3O4S/c1-7-17-28-27(32)24(8-2)29(18-22-14-10-9-13-21(22)5)26(31)19-30(35(6,33)34)25-16-12-11-15-23(25)20(3)4/h9-16,20,24H,7-8,17-19H2,1-6H3,(H,28,32). The van der Waals surface area contributed by atoms with Gasteiger partial charge in [0, 0.05) is 13.1 Å². The van der Waals surface area contributed by atoms with Crippen molar-refractivity contribution in [2.75, 3.05) is 23.7 Å². The molecule has 2 aromatic rings. The molecule has 0 aliphatic carbocycles. The van der Waals surface area contributed by atoms with Gasteiger partial charge in [-0.3, -0.25) is 13.9 Å². The van der Waals surface area contributed by atoms with Crippen LogP contribution in [0.1, 0.15) is 63.1 Å². The summed E-state index contributed by atoms with van der Waals surface area (Å²) >= 11 is 0. The average molecular weight is 502 g/mol. The molecule has 0 saturated heterocycles. The second-order valence-corrected chi connectivity index (χ2v) is 11.1. The van der Waals surface area contributed by atoms with Crippen LogP contribution in [0.25, 0.3) is 0 Å². The minimum atomic E-state index is -3.77. The molecule has 8 heteroatoms. The van der Waals surface area contributed by atoms with Gasteiger partial charge < -0.3 is 10.2 Å². The number of amides is 2. The summed E-state index contributed by atoms with van der Waals surface area (Å²) in [5.41, 5.74) is 3.23. The molecule has 192 valence electrons. The van der Waals surface area contributed by atoms with Crippen molar-refractivity contribution in [3.05, 3.63) is 65.2 Å². The van der Waals surface area contributed by atoms with Gasteiger partial charge in [0.2, 0.25) is 21.8 Å². The fourth-order valence-electron chi connectivity index (χ4n) is 4.05. The molecule has 0 aromatic heterocycles. The fraction of sp³-hybridized carbons (Fsp3) is 0.481. The highest BCUT2D eigenvalue weighted by atomic mass is 32.2. The summed E-state index contributed by atoms with van der Waals surface area (Å²) in [4.78, 5) is 28.3. The van der Waals surface area contributed by atoms with Gasteiger partial charge in [-0.15, -0.1) is 0 Å². The van der Waals surface area contributed by atoms with Gasteiger partial charge in [-0.2, -0.15) is 0 Å². The predicted molar refractivity (Wildman–Crippen MR) is 142 cm³/mol. The third-order valence-electron chi connectivity index (χ3n) is 6.04. The van der Waals surface area contributed by atoms with E-state index in [0.717, 1.165) is 33.7 Å². The molecular formula is C27H39N3O4S. The molecule has 2 amide bonds. The van der Waals surface area contributed by atoms with E-state index in [4.69, 9.17) is 0 Å². The van der Waals surface area contributed by atoms with Crippen molar-refractivity contribution in [1.29, 1.82) is 0 Å². The Labute approximate surface area is 210 Å². The third kappa shape index (κ3) is 7.56. The Bertz CT molecular complexity index is 1110. The van der Waals surface area contributed by atoms with E-state index in [1.807, 2.05) is 71.0 Å². The van der Waals surface area contributed by atoms with E-state index in [-0.39, 0.29) is 24.9 Å². The first-order valence-electron chi connectivity index (χ1n) is 12.2. The Morgan fingerprint density at radius 1 is 1.00 bits per heavy atom. The molecule has 0 aliphatic rings. The second kappa shape index (κ2) is 12.7. The molecule has 0 aliphatic heterocycles. The Morgan fingerprint density at radius 2 is 1.63 bits per heavy atom. The van der Waals surface area contributed by atoms with Gasteiger partial charge in [-0.25, -0.2) is 8.42 Å². The van der Waals surface area contributed by atoms with E-state index >= 15 is 0 Å². The first-order valence-corrected chi connectivity index (χ1v) is 14.0. The Kier molecular flexibility index (Phi) is 10.3. The van der Waals surface area contributed by atoms with Crippen LogP contribution < -0.4 is 9.62 Å². The second-order valence-electron chi connectivity index (χ2n) is 9.15. The molecule has 0 fully saturated rings. The van der Waals surface area contributed by atoms with Crippen LogP contribution in [0, 0.1) is 6.92 Å². The number of sulfonamides is 1. The fourth-order valence-corrected chi connectivity index (χ4v) is 4.92. The number of rotatable bonds is 12. The monoisotopic (exact) mass is 501 g/mol. The van der Waals surface area contributed by atoms with Gasteiger partial charge >= 0.3 is 0 Å². The van der Waals surface area contributed by atoms with Crippen LogP contribution in [0.4, 0.5) is 5.69 Å². The van der Waals surface area contributed by atoms with E-state index in [1.54, 1.807) is 12.1 Å². The van der Waals surface area contributed by atoms with Gasteiger partial charge in [-0.1, -0.05) is 70.2 Å². The van der Waals surface area contributed by atoms with Gasteiger partial charge in [0.25, 0.3) is 0 Å². The minimum Gasteiger partial charge on any atom is -0.354 e. The molecule has 35 heavy (non-hydrogen) atoms. The lowest BCUT2D eigenvalue weighted by molar-refractivity contribution is -0.140. The molecule has 1 atom stereocenters. The van der Waals surface area contributed by atoms with Crippen LogP contribution >= 0.6 is 0 Å². The summed E-state index contributed by atoms with van der Waals surface area (Å²) < 4.78 is 26.9. The number of carbonyl (C=O) groups is 2. The number of carbonyl (C=O) groups excluding carboxylic acids is 2. The van der Waals surface area contributed by atoms with Crippen LogP contribution in [0.3, 0.4) is 0 Å². The van der Waals surface area contributed by atoms with Crippen LogP contribution in [-0.2, 0) is 26.2 Å². The van der Waals surface area contributed by atoms with Crippen molar-refractivity contribution in [3.63, 3.8) is 0 Å². The maximum atomic E-state index is 13.8. The van der Waals surface area contributed by atoms with Crippen molar-refractivity contribution in [3.8, 4) is 0 Å². The highest BCUT2D eigenvalue weighted by molar-refractivity contribution is 7.92. The molecule has 1 unspecified atom stereocenters. The van der Waals surface area contributed by atoms with E-state index < -0.39 is 22.0 Å². The number of anilines is 1. The molecule has 0 radical (unpaired) electrons. The van der Waals surface area contributed by atoms with Gasteiger partial charge in [-0.05, 0) is 48.4 Å². The molecule has 0 heterocycles. The van der Waals surface area contributed by atoms with E-state index in [1.165, 1.54) is 4.90 Å². The van der Waals surface area contributed by atoms with Crippen molar-refractivity contribution >= 4 is 27.5 Å². The largest absolute Gasteiger partial charge is 0.354 e. The number of hydrogen-bond donors (Lipinski definition) is 1. The number of aryl methyl sites for hydroxylation is 1. The quantitative estimate of drug-likeness (QED) is 0.472. The number of hydrogen-bond acceptors (Lipinski definition) is 4. The van der Waals surface area contributed by atoms with Crippen molar-refractivity contribution in [2.45, 2.75) is 66.0 Å². The SMILES string of the molecule is CCCNC(=O)C(CC)N(Cc1ccccc1C)C(=O)CN(c1ccccc1C(C)C)S(C)(=O)=O. The first-order chi connectivity index (χ1) is 16.5. The molecule has 0 spiro atoms. The maximum absolute atomic E-state index is 13.8. The van der Waals surface area contributed by atoms with Gasteiger partial charge in [0.1, 0.15) is 12.6 Å². The molecule has 2 aromatic carbocycles. The molecular weight excluding hydrogens is 462 g/mol. The summed E-state index contributed by atoms with van der Waals surface area (Å²) in [6, 6.07) is 14.2. The van der Waals surface area contributed by atoms with Gasteiger partial charge in [0.05, 0.1) is 11.9 Å². The highest BCUT2D eigenvalue weighted by Gasteiger charge is 2.32. The summed E-state index contributed by atoms with van der Waals surface area (Å²) in [6.45, 7) is 10.1. The highest BCUT2D eigenvalue weighted by Crippen LogP contribution is 2.29. The zero-order valence-electron chi connectivity index (χ0n) is 21.7. The molecule has 1 N–H and O–H groups in total. The van der Waals surface area contributed by atoms with Crippen molar-refractivity contribution in [2.24, 2.45) is 0 Å². The summed E-state index contributed by atoms with van der Waals surface area (Å²) in [7, 11) is -3.77. The lowest BCUT2D eigenvalue weighted by atomic mass is 10.0. The lowest BCUT2D eigenvalue weighted by Crippen LogP contribution is -2.52. The summed E-state index contributed by atoms with van der Waals surface area (Å²) in [6.07, 6.45) is 2.30. The summed E-state index contributed by atoms with van der Waals surface area (Å²) in [5, 5.41) is 2.89. The summed E-state index contributed by atoms with van der Waals surface area (Å²) in [5.74, 6) is -0.586. The van der Waals surface area contributed by atoms with Crippen molar-refractivity contribution < 1.29 is 18.0 Å². The van der Waals surface area contributed by atoms with Crippen LogP contribution in [0.5, 0.6) is 0 Å². The predicted octanol–water partition coefficient (Wildman–Crippen LogP) is 4.22. The number of benzene rings is 2. The van der Waals surface area contributed by atoms with E-state index in [9.17, 15) is 18.0 Å². The Hall–Kier alpha value is -2.87. The molecule has 7 nitrogen and oxygen atoms in total. The number of nitrogens with one attached hydrogen (secondary N) is 1. The lowest BCUT2D eigenvalue weighted by Gasteiger charge is -2.33. The van der Waals surface area contributed by atoms with Crippen LogP contribution in [0.15, 0.2) is 48.5 Å². The maximum Gasteiger partial charge on any atom is 0.244 e. The molecule has 0 bridgehead atoms. The smallest absolute Gasteiger partial charge is 0.244 e. The number of nitrogens with zero attached hydrogens (tertiary/aromatic N) is 2. The average Bonchev–Trinajstić information content (AvgIpc) is 2.81. The van der Waals surface area contributed by atoms with Crippen LogP contribution in [-0.4, -0.2) is 50.5 Å². The zero-order chi connectivity index (χ0) is 26.2. The van der Waals surface area contributed by atoms with E-state index in [2.05, 4.69) is 5.32 Å². The Morgan fingerprint density at radius 3 is 2.20 bits per heavy atom. The molecule has 2 rings (SSSR count). The van der Waals surface area contributed by atoms with E-state index in [0.29, 0.717) is 18.7 Å². The normalized spacial score (nSPS) is 12.3. The Balaban J connectivity index is 2.50. The van der Waals surface area contributed by atoms with Gasteiger partial charge in [0.15, 0.2) is 0 Å². The molecule has 0 saturated carbocycles. The number of para-hydroxylation sites is 1. The minimum absolute atomic E-state index is 0.0665. The first kappa shape index (κ1) is 28.4. The third-order valence-corrected chi connectivity index (χ3v) is 7.17. The zero-order valence-corrected chi connectivity index (χ0v) is 22.6. The topological polar surface area (TPSA) is 86.8 Å².